The number of aryl methyl sites for hydroxylation is 1. The third kappa shape index (κ3) is 3.59. The van der Waals surface area contributed by atoms with Gasteiger partial charge in [-0.05, 0) is 30.4 Å². The van der Waals surface area contributed by atoms with Crippen molar-refractivity contribution in [1.82, 2.24) is 0 Å². The second-order valence-electron chi connectivity index (χ2n) is 3.60. The van der Waals surface area contributed by atoms with Gasteiger partial charge in [-0.15, -0.1) is 0 Å². The summed E-state index contributed by atoms with van der Waals surface area (Å²) in [6, 6.07) is 6.58. The second-order valence-corrected chi connectivity index (χ2v) is 4.63. The lowest BCUT2D eigenvalue weighted by Crippen LogP contribution is -2.07. The van der Waals surface area contributed by atoms with Crippen molar-refractivity contribution in [3.63, 3.8) is 0 Å². The molecule has 1 rings (SSSR count). The van der Waals surface area contributed by atoms with Crippen LogP contribution in [0.25, 0.3) is 0 Å². The van der Waals surface area contributed by atoms with Crippen LogP contribution < -0.4 is 5.30 Å². The Labute approximate surface area is 95.1 Å². The van der Waals surface area contributed by atoms with E-state index < -0.39 is 0 Å². The average Bonchev–Trinajstić information content (AvgIpc) is 2.29. The van der Waals surface area contributed by atoms with E-state index in [2.05, 4.69) is 39.0 Å². The molecule has 1 unspecified atom stereocenters. The van der Waals surface area contributed by atoms with Gasteiger partial charge >= 0.3 is 0 Å². The summed E-state index contributed by atoms with van der Waals surface area (Å²) in [7, 11) is 0.516. The first-order valence-corrected chi connectivity index (χ1v) is 6.72. The molecule has 0 saturated heterocycles. The summed E-state index contributed by atoms with van der Waals surface area (Å²) in [6.07, 6.45) is 3.33. The van der Waals surface area contributed by atoms with E-state index in [4.69, 9.17) is 4.52 Å². The highest BCUT2D eigenvalue weighted by molar-refractivity contribution is 7.42. The Bertz CT molecular complexity index is 297. The zero-order valence-corrected chi connectivity index (χ0v) is 11.0. The minimum Gasteiger partial charge on any atom is -0.358 e. The SMILES string of the molecule is CCCOPc1cccc(CC)c1CC. The Morgan fingerprint density at radius 2 is 1.93 bits per heavy atom. The van der Waals surface area contributed by atoms with E-state index in [1.54, 1.807) is 0 Å². The molecule has 0 saturated carbocycles. The van der Waals surface area contributed by atoms with Crippen molar-refractivity contribution in [2.24, 2.45) is 0 Å². The summed E-state index contributed by atoms with van der Waals surface area (Å²) in [5.41, 5.74) is 2.97. The van der Waals surface area contributed by atoms with Gasteiger partial charge in [-0.2, -0.15) is 0 Å². The molecule has 1 aromatic rings. The lowest BCUT2D eigenvalue weighted by molar-refractivity contribution is 0.366. The smallest absolute Gasteiger partial charge is 0.0507 e. The summed E-state index contributed by atoms with van der Waals surface area (Å²) in [4.78, 5) is 0. The van der Waals surface area contributed by atoms with Crippen molar-refractivity contribution in [3.8, 4) is 0 Å². The van der Waals surface area contributed by atoms with Crippen LogP contribution >= 0.6 is 8.81 Å². The van der Waals surface area contributed by atoms with Crippen LogP contribution in [0.2, 0.25) is 0 Å². The Kier molecular flexibility index (Phi) is 5.90. The minimum absolute atomic E-state index is 0.516. The van der Waals surface area contributed by atoms with Crippen LogP contribution in [0, 0.1) is 0 Å². The fraction of sp³-hybridized carbons (Fsp3) is 0.538. The highest BCUT2D eigenvalue weighted by Gasteiger charge is 2.05. The fourth-order valence-corrected chi connectivity index (χ4v) is 2.80. The molecule has 0 spiro atoms. The molecule has 2 heteroatoms. The van der Waals surface area contributed by atoms with E-state index in [1.807, 2.05) is 0 Å². The molecule has 0 aromatic heterocycles. The molecule has 1 nitrogen and oxygen atoms in total. The number of benzene rings is 1. The van der Waals surface area contributed by atoms with Crippen LogP contribution in [0.3, 0.4) is 0 Å². The Hall–Kier alpha value is -0.390. The Morgan fingerprint density at radius 1 is 1.13 bits per heavy atom. The molecule has 0 heterocycles. The predicted molar refractivity (Wildman–Crippen MR) is 69.4 cm³/mol. The molecule has 0 aliphatic heterocycles. The normalized spacial score (nSPS) is 11.4. The third-order valence-corrected chi connectivity index (χ3v) is 3.53. The van der Waals surface area contributed by atoms with Gasteiger partial charge in [0.05, 0.1) is 6.61 Å². The highest BCUT2D eigenvalue weighted by atomic mass is 31.1. The van der Waals surface area contributed by atoms with Crippen LogP contribution in [0.4, 0.5) is 0 Å². The van der Waals surface area contributed by atoms with Gasteiger partial charge in [-0.1, -0.05) is 39.0 Å². The van der Waals surface area contributed by atoms with E-state index >= 15 is 0 Å². The molecule has 0 N–H and O–H groups in total. The zero-order chi connectivity index (χ0) is 11.1. The molecule has 0 bridgehead atoms. The summed E-state index contributed by atoms with van der Waals surface area (Å²) in [5.74, 6) is 0. The van der Waals surface area contributed by atoms with E-state index in [9.17, 15) is 0 Å². The third-order valence-electron chi connectivity index (χ3n) is 2.50. The largest absolute Gasteiger partial charge is 0.358 e. The predicted octanol–water partition coefficient (Wildman–Crippen LogP) is 3.46. The molecular weight excluding hydrogens is 203 g/mol. The first-order valence-electron chi connectivity index (χ1n) is 5.82. The molecule has 0 amide bonds. The van der Waals surface area contributed by atoms with Crippen LogP contribution in [0.1, 0.15) is 38.3 Å². The van der Waals surface area contributed by atoms with Crippen molar-refractivity contribution in [2.45, 2.75) is 40.0 Å². The average molecular weight is 224 g/mol. The standard InChI is InChI=1S/C13H21OP/c1-4-10-14-15-13-9-7-8-11(5-2)12(13)6-3/h7-9,15H,4-6,10H2,1-3H3. The summed E-state index contributed by atoms with van der Waals surface area (Å²) in [6.45, 7) is 7.46. The maximum absolute atomic E-state index is 5.64. The first kappa shape index (κ1) is 12.7. The van der Waals surface area contributed by atoms with Gasteiger partial charge in [0.1, 0.15) is 0 Å². The van der Waals surface area contributed by atoms with Crippen molar-refractivity contribution in [2.75, 3.05) is 6.61 Å². The van der Waals surface area contributed by atoms with Gasteiger partial charge in [-0.3, -0.25) is 0 Å². The number of rotatable bonds is 6. The van der Waals surface area contributed by atoms with Gasteiger partial charge in [0, 0.05) is 14.1 Å². The van der Waals surface area contributed by atoms with Crippen molar-refractivity contribution in [1.29, 1.82) is 0 Å². The quantitative estimate of drug-likeness (QED) is 0.531. The maximum Gasteiger partial charge on any atom is 0.0507 e. The van der Waals surface area contributed by atoms with Crippen LogP contribution in [-0.4, -0.2) is 6.61 Å². The minimum atomic E-state index is 0.516. The molecule has 15 heavy (non-hydrogen) atoms. The fourth-order valence-electron chi connectivity index (χ4n) is 1.71. The molecule has 1 aromatic carbocycles. The lowest BCUT2D eigenvalue weighted by Gasteiger charge is -2.12. The van der Waals surface area contributed by atoms with Gasteiger partial charge in [0.2, 0.25) is 0 Å². The van der Waals surface area contributed by atoms with E-state index in [1.165, 1.54) is 16.4 Å². The van der Waals surface area contributed by atoms with Gasteiger partial charge in [-0.25, -0.2) is 0 Å². The summed E-state index contributed by atoms with van der Waals surface area (Å²) >= 11 is 0. The Balaban J connectivity index is 2.76. The van der Waals surface area contributed by atoms with Crippen molar-refractivity contribution < 1.29 is 4.52 Å². The van der Waals surface area contributed by atoms with Crippen LogP contribution in [0.5, 0.6) is 0 Å². The van der Waals surface area contributed by atoms with Crippen molar-refractivity contribution >= 4 is 14.1 Å². The lowest BCUT2D eigenvalue weighted by atomic mass is 10.0. The molecule has 0 aliphatic rings. The summed E-state index contributed by atoms with van der Waals surface area (Å²) < 4.78 is 5.64. The number of hydrogen-bond acceptors (Lipinski definition) is 1. The molecule has 0 radical (unpaired) electrons. The maximum atomic E-state index is 5.64. The van der Waals surface area contributed by atoms with Gasteiger partial charge in [0.15, 0.2) is 0 Å². The summed E-state index contributed by atoms with van der Waals surface area (Å²) in [5, 5.41) is 1.39. The van der Waals surface area contributed by atoms with Gasteiger partial charge < -0.3 is 4.52 Å². The molecule has 84 valence electrons. The molecular formula is C13H21OP. The monoisotopic (exact) mass is 224 g/mol. The topological polar surface area (TPSA) is 9.23 Å². The molecule has 0 aliphatic carbocycles. The van der Waals surface area contributed by atoms with Crippen molar-refractivity contribution in [3.05, 3.63) is 29.3 Å². The molecule has 0 fully saturated rings. The van der Waals surface area contributed by atoms with E-state index in [-0.39, 0.29) is 0 Å². The second kappa shape index (κ2) is 6.98. The van der Waals surface area contributed by atoms with Gasteiger partial charge in [0.25, 0.3) is 0 Å². The Morgan fingerprint density at radius 3 is 2.53 bits per heavy atom. The van der Waals surface area contributed by atoms with Crippen LogP contribution in [-0.2, 0) is 17.4 Å². The van der Waals surface area contributed by atoms with E-state index in [0.29, 0.717) is 8.81 Å². The highest BCUT2D eigenvalue weighted by Crippen LogP contribution is 2.19. The molecule has 1 atom stereocenters. The zero-order valence-electron chi connectivity index (χ0n) is 9.97. The van der Waals surface area contributed by atoms with E-state index in [0.717, 1.165) is 25.9 Å². The number of hydrogen-bond donors (Lipinski definition) is 0. The van der Waals surface area contributed by atoms with Crippen LogP contribution in [0.15, 0.2) is 18.2 Å². The first-order chi connectivity index (χ1) is 7.33.